The minimum absolute atomic E-state index is 0.00182. The summed E-state index contributed by atoms with van der Waals surface area (Å²) in [6.07, 6.45) is 3.24. The third kappa shape index (κ3) is 5.91. The van der Waals surface area contributed by atoms with Gasteiger partial charge in [-0.15, -0.1) is 0 Å². The summed E-state index contributed by atoms with van der Waals surface area (Å²) in [5.41, 5.74) is 4.07. The fourth-order valence-electron chi connectivity index (χ4n) is 2.95. The normalized spacial score (nSPS) is 11.2. The van der Waals surface area contributed by atoms with Gasteiger partial charge in [-0.25, -0.2) is 9.67 Å². The van der Waals surface area contributed by atoms with E-state index in [1.54, 1.807) is 37.1 Å². The molecule has 0 spiro atoms. The molecule has 0 atom stereocenters. The molecule has 8 nitrogen and oxygen atoms in total. The Kier molecular flexibility index (Phi) is 7.15. The minimum Gasteiger partial charge on any atom is -0.352 e. The van der Waals surface area contributed by atoms with Crippen LogP contribution in [-0.2, 0) is 19.6 Å². The van der Waals surface area contributed by atoms with Gasteiger partial charge in [-0.2, -0.15) is 5.10 Å². The molecule has 0 fully saturated rings. The summed E-state index contributed by atoms with van der Waals surface area (Å²) in [5, 5.41) is 10.8. The third-order valence-corrected chi connectivity index (χ3v) is 4.55. The molecule has 0 bridgehead atoms. The molecule has 156 valence electrons. The summed E-state index contributed by atoms with van der Waals surface area (Å²) in [6, 6.07) is 15.9. The molecular formula is C22H27N7O. The molecule has 8 heteroatoms. The van der Waals surface area contributed by atoms with E-state index in [4.69, 9.17) is 0 Å². The topological polar surface area (TPSA) is 87.4 Å². The second-order valence-corrected chi connectivity index (χ2v) is 7.09. The van der Waals surface area contributed by atoms with E-state index < -0.39 is 0 Å². The number of rotatable bonds is 7. The lowest BCUT2D eigenvalue weighted by Crippen LogP contribution is -2.36. The van der Waals surface area contributed by atoms with Gasteiger partial charge in [-0.05, 0) is 28.8 Å². The lowest BCUT2D eigenvalue weighted by molar-refractivity contribution is 0.0827. The zero-order chi connectivity index (χ0) is 21.3. The Hall–Kier alpha value is -3.68. The monoisotopic (exact) mass is 405 g/mol. The Morgan fingerprint density at radius 1 is 1.03 bits per heavy atom. The Morgan fingerprint density at radius 2 is 1.73 bits per heavy atom. The molecule has 2 aromatic carbocycles. The molecule has 3 aromatic rings. The van der Waals surface area contributed by atoms with Crippen LogP contribution in [0, 0.1) is 0 Å². The van der Waals surface area contributed by atoms with Crippen molar-refractivity contribution in [2.45, 2.75) is 19.6 Å². The van der Waals surface area contributed by atoms with Crippen LogP contribution in [0.15, 0.2) is 66.2 Å². The van der Waals surface area contributed by atoms with Crippen LogP contribution >= 0.6 is 0 Å². The van der Waals surface area contributed by atoms with E-state index >= 15 is 0 Å². The highest BCUT2D eigenvalue weighted by molar-refractivity contribution is 5.93. The number of nitrogens with zero attached hydrogens (tertiary/aromatic N) is 5. The number of benzene rings is 2. The van der Waals surface area contributed by atoms with Crippen molar-refractivity contribution < 1.29 is 4.79 Å². The number of carbonyl (C=O) groups is 1. The zero-order valence-corrected chi connectivity index (χ0v) is 17.5. The van der Waals surface area contributed by atoms with Gasteiger partial charge in [0, 0.05) is 39.8 Å². The highest BCUT2D eigenvalue weighted by atomic mass is 16.2. The maximum atomic E-state index is 12.0. The Morgan fingerprint density at radius 3 is 2.37 bits per heavy atom. The number of guanidine groups is 1. The second kappa shape index (κ2) is 10.2. The zero-order valence-electron chi connectivity index (χ0n) is 17.5. The van der Waals surface area contributed by atoms with Gasteiger partial charge >= 0.3 is 0 Å². The van der Waals surface area contributed by atoms with Crippen molar-refractivity contribution in [1.82, 2.24) is 30.3 Å². The Bertz CT molecular complexity index is 979. The number of nitrogens with one attached hydrogen (secondary N) is 2. The second-order valence-electron chi connectivity index (χ2n) is 7.09. The quantitative estimate of drug-likeness (QED) is 0.463. The lowest BCUT2D eigenvalue weighted by atomic mass is 10.1. The summed E-state index contributed by atoms with van der Waals surface area (Å²) < 4.78 is 1.80. The summed E-state index contributed by atoms with van der Waals surface area (Å²) in [7, 11) is 5.24. The number of hydrogen-bond donors (Lipinski definition) is 2. The van der Waals surface area contributed by atoms with Crippen LogP contribution in [0.4, 0.5) is 0 Å². The van der Waals surface area contributed by atoms with E-state index in [0.29, 0.717) is 31.2 Å². The summed E-state index contributed by atoms with van der Waals surface area (Å²) in [5.74, 6) is 0.711. The molecule has 0 saturated heterocycles. The average Bonchev–Trinajstić information content (AvgIpc) is 3.27. The largest absolute Gasteiger partial charge is 0.352 e. The molecule has 2 N–H and O–H groups in total. The van der Waals surface area contributed by atoms with E-state index in [9.17, 15) is 4.79 Å². The van der Waals surface area contributed by atoms with Crippen LogP contribution in [0.1, 0.15) is 27.0 Å². The van der Waals surface area contributed by atoms with Gasteiger partial charge in [0.1, 0.15) is 12.7 Å². The molecule has 1 aromatic heterocycles. The van der Waals surface area contributed by atoms with Crippen LogP contribution in [0.2, 0.25) is 0 Å². The van der Waals surface area contributed by atoms with Crippen LogP contribution in [-0.4, -0.2) is 52.7 Å². The van der Waals surface area contributed by atoms with Gasteiger partial charge in [-0.3, -0.25) is 9.79 Å². The van der Waals surface area contributed by atoms with Crippen LogP contribution in [0.3, 0.4) is 0 Å². The Balaban J connectivity index is 1.51. The average molecular weight is 406 g/mol. The van der Waals surface area contributed by atoms with Gasteiger partial charge in [0.15, 0.2) is 5.96 Å². The van der Waals surface area contributed by atoms with E-state index in [1.807, 2.05) is 30.3 Å². The number of carbonyl (C=O) groups excluding carboxylic acids is 1. The molecule has 30 heavy (non-hydrogen) atoms. The fourth-order valence-corrected chi connectivity index (χ4v) is 2.95. The van der Waals surface area contributed by atoms with Crippen molar-refractivity contribution in [3.63, 3.8) is 0 Å². The van der Waals surface area contributed by atoms with E-state index in [2.05, 4.69) is 43.9 Å². The SMILES string of the molecule is CN=C(NCc1ccc(C(=O)N(C)C)cc1)NCc1cccc(Cn2cncn2)c1. The molecule has 3 rings (SSSR count). The Labute approximate surface area is 176 Å². The molecule has 1 heterocycles. The number of hydrogen-bond acceptors (Lipinski definition) is 4. The first-order valence-electron chi connectivity index (χ1n) is 9.70. The van der Waals surface area contributed by atoms with Crippen molar-refractivity contribution in [3.8, 4) is 0 Å². The molecule has 0 saturated carbocycles. The van der Waals surface area contributed by atoms with Crippen LogP contribution < -0.4 is 10.6 Å². The predicted molar refractivity (Wildman–Crippen MR) is 117 cm³/mol. The minimum atomic E-state index is -0.00182. The van der Waals surface area contributed by atoms with E-state index in [-0.39, 0.29) is 5.91 Å². The first-order chi connectivity index (χ1) is 14.5. The standard InChI is InChI=1S/C22H27N7O/c1-23-22(25-12-17-7-9-20(10-8-17)21(30)28(2)3)26-13-18-5-4-6-19(11-18)14-29-16-24-15-27-29/h4-11,15-16H,12-14H2,1-3H3,(H2,23,25,26). The van der Waals surface area contributed by atoms with Crippen molar-refractivity contribution in [3.05, 3.63) is 83.4 Å². The van der Waals surface area contributed by atoms with E-state index in [0.717, 1.165) is 16.7 Å². The van der Waals surface area contributed by atoms with Crippen molar-refractivity contribution in [1.29, 1.82) is 0 Å². The van der Waals surface area contributed by atoms with Crippen LogP contribution in [0.25, 0.3) is 0 Å². The molecule has 0 unspecified atom stereocenters. The molecular weight excluding hydrogens is 378 g/mol. The third-order valence-electron chi connectivity index (χ3n) is 4.55. The number of amides is 1. The van der Waals surface area contributed by atoms with Crippen molar-refractivity contribution in [2.24, 2.45) is 4.99 Å². The van der Waals surface area contributed by atoms with E-state index in [1.165, 1.54) is 6.33 Å². The van der Waals surface area contributed by atoms with Crippen molar-refractivity contribution >= 4 is 11.9 Å². The van der Waals surface area contributed by atoms with Gasteiger partial charge in [0.25, 0.3) is 5.91 Å². The maximum absolute atomic E-state index is 12.0. The first-order valence-corrected chi connectivity index (χ1v) is 9.70. The van der Waals surface area contributed by atoms with Gasteiger partial charge in [-0.1, -0.05) is 36.4 Å². The summed E-state index contributed by atoms with van der Waals surface area (Å²) in [4.78, 5) is 21.8. The lowest BCUT2D eigenvalue weighted by Gasteiger charge is -2.13. The molecule has 0 aliphatic rings. The first kappa shape index (κ1) is 21.0. The highest BCUT2D eigenvalue weighted by Crippen LogP contribution is 2.08. The summed E-state index contributed by atoms with van der Waals surface area (Å²) >= 11 is 0. The maximum Gasteiger partial charge on any atom is 0.253 e. The predicted octanol–water partition coefficient (Wildman–Crippen LogP) is 1.89. The molecule has 1 amide bonds. The molecule has 0 aliphatic carbocycles. The van der Waals surface area contributed by atoms with Crippen molar-refractivity contribution in [2.75, 3.05) is 21.1 Å². The summed E-state index contributed by atoms with van der Waals surface area (Å²) in [6.45, 7) is 1.96. The number of aromatic nitrogens is 3. The molecule has 0 radical (unpaired) electrons. The van der Waals surface area contributed by atoms with Crippen LogP contribution in [0.5, 0.6) is 0 Å². The molecule has 0 aliphatic heterocycles. The van der Waals surface area contributed by atoms with Gasteiger partial charge < -0.3 is 15.5 Å². The highest BCUT2D eigenvalue weighted by Gasteiger charge is 2.07. The smallest absolute Gasteiger partial charge is 0.253 e. The van der Waals surface area contributed by atoms with Gasteiger partial charge in [0.05, 0.1) is 6.54 Å². The van der Waals surface area contributed by atoms with Gasteiger partial charge in [0.2, 0.25) is 0 Å². The fraction of sp³-hybridized carbons (Fsp3) is 0.273. The number of aliphatic imine (C=N–C) groups is 1.